The number of carbonyl (C=O) groups is 1. The van der Waals surface area contributed by atoms with E-state index in [-0.39, 0.29) is 17.8 Å². The lowest BCUT2D eigenvalue weighted by Gasteiger charge is -2.34. The molecule has 2 aliphatic rings. The highest BCUT2D eigenvalue weighted by Crippen LogP contribution is 2.40. The molecule has 1 N–H and O–H groups in total. The quantitative estimate of drug-likeness (QED) is 0.850. The first kappa shape index (κ1) is 16.2. The van der Waals surface area contributed by atoms with E-state index in [1.165, 1.54) is 12.1 Å². The van der Waals surface area contributed by atoms with Gasteiger partial charge in [0.15, 0.2) is 0 Å². The lowest BCUT2D eigenvalue weighted by Crippen LogP contribution is -2.47. The molecule has 0 aromatic heterocycles. The summed E-state index contributed by atoms with van der Waals surface area (Å²) in [5.74, 6) is -0.0865. The first-order valence-electron chi connectivity index (χ1n) is 8.72. The largest absolute Gasteiger partial charge is 0.353 e. The molecular weight excluding hydrogens is 291 g/mol. The molecule has 1 aromatic carbocycles. The van der Waals surface area contributed by atoms with Gasteiger partial charge < -0.3 is 5.32 Å². The van der Waals surface area contributed by atoms with Crippen molar-refractivity contribution in [3.8, 4) is 0 Å². The number of hydrogen-bond donors (Lipinski definition) is 1. The first-order chi connectivity index (χ1) is 11.1. The van der Waals surface area contributed by atoms with E-state index in [2.05, 4.69) is 19.2 Å². The summed E-state index contributed by atoms with van der Waals surface area (Å²) < 4.78 is 13.4. The fraction of sp³-hybridized carbons (Fsp3) is 0.579. The summed E-state index contributed by atoms with van der Waals surface area (Å²) in [6, 6.07) is 6.96. The van der Waals surface area contributed by atoms with Gasteiger partial charge in [-0.05, 0) is 56.2 Å². The molecule has 23 heavy (non-hydrogen) atoms. The van der Waals surface area contributed by atoms with Gasteiger partial charge in [0.2, 0.25) is 5.91 Å². The number of hydrogen-bond acceptors (Lipinski definition) is 2. The van der Waals surface area contributed by atoms with Crippen LogP contribution in [0.4, 0.5) is 4.39 Å². The molecule has 3 nitrogen and oxygen atoms in total. The van der Waals surface area contributed by atoms with Crippen LogP contribution in [0.5, 0.6) is 0 Å². The Kier molecular flexibility index (Phi) is 4.51. The van der Waals surface area contributed by atoms with Crippen LogP contribution in [0.1, 0.15) is 57.9 Å². The second kappa shape index (κ2) is 6.42. The van der Waals surface area contributed by atoms with E-state index >= 15 is 0 Å². The van der Waals surface area contributed by atoms with Crippen LogP contribution in [-0.4, -0.2) is 23.7 Å². The topological polar surface area (TPSA) is 41.5 Å². The van der Waals surface area contributed by atoms with E-state index < -0.39 is 5.41 Å². The van der Waals surface area contributed by atoms with Gasteiger partial charge in [0.05, 0.1) is 11.5 Å². The molecule has 1 amide bonds. The predicted octanol–water partition coefficient (Wildman–Crippen LogP) is 3.86. The molecular formula is C19H25FN2O. The van der Waals surface area contributed by atoms with Crippen molar-refractivity contribution in [3.05, 3.63) is 35.6 Å². The van der Waals surface area contributed by atoms with Gasteiger partial charge in [-0.15, -0.1) is 0 Å². The van der Waals surface area contributed by atoms with E-state index in [4.69, 9.17) is 4.99 Å². The molecule has 0 radical (unpaired) electrons. The zero-order valence-corrected chi connectivity index (χ0v) is 13.9. The summed E-state index contributed by atoms with van der Waals surface area (Å²) >= 11 is 0. The molecule has 1 atom stereocenters. The van der Waals surface area contributed by atoms with Crippen LogP contribution in [0, 0.1) is 11.2 Å². The molecule has 4 heteroatoms. The van der Waals surface area contributed by atoms with Gasteiger partial charge in [-0.25, -0.2) is 4.39 Å². The molecule has 0 spiro atoms. The number of amides is 1. The summed E-state index contributed by atoms with van der Waals surface area (Å²) in [7, 11) is 0. The van der Waals surface area contributed by atoms with Crippen molar-refractivity contribution >= 4 is 11.6 Å². The molecule has 1 heterocycles. The minimum Gasteiger partial charge on any atom is -0.353 e. The SMILES string of the molecule is CCC(CC)(C(=O)NC1CC1)[C@H]1CCC(c2cccc(F)c2)=N1. The molecule has 1 aliphatic heterocycles. The van der Waals surface area contributed by atoms with Crippen molar-refractivity contribution in [2.75, 3.05) is 0 Å². The Hall–Kier alpha value is -1.71. The third kappa shape index (κ3) is 3.17. The Bertz CT molecular complexity index is 618. The number of carbonyl (C=O) groups excluding carboxylic acids is 1. The van der Waals surface area contributed by atoms with Gasteiger partial charge in [0.1, 0.15) is 5.82 Å². The van der Waals surface area contributed by atoms with E-state index in [0.29, 0.717) is 6.04 Å². The molecule has 1 aliphatic carbocycles. The van der Waals surface area contributed by atoms with E-state index in [1.54, 1.807) is 6.07 Å². The lowest BCUT2D eigenvalue weighted by molar-refractivity contribution is -0.133. The maximum Gasteiger partial charge on any atom is 0.228 e. The Morgan fingerprint density at radius 2 is 2.04 bits per heavy atom. The normalized spacial score (nSPS) is 21.2. The van der Waals surface area contributed by atoms with Crippen LogP contribution in [0.2, 0.25) is 0 Å². The maximum absolute atomic E-state index is 13.4. The van der Waals surface area contributed by atoms with Gasteiger partial charge in [0, 0.05) is 11.8 Å². The minimum absolute atomic E-state index is 0.00508. The van der Waals surface area contributed by atoms with Crippen molar-refractivity contribution in [1.82, 2.24) is 5.32 Å². The van der Waals surface area contributed by atoms with Crippen LogP contribution in [0.25, 0.3) is 0 Å². The summed E-state index contributed by atoms with van der Waals surface area (Å²) in [6.07, 6.45) is 5.44. The average Bonchev–Trinajstić information content (AvgIpc) is 3.22. The zero-order valence-electron chi connectivity index (χ0n) is 13.9. The minimum atomic E-state index is -0.433. The van der Waals surface area contributed by atoms with Crippen LogP contribution < -0.4 is 5.32 Å². The van der Waals surface area contributed by atoms with Gasteiger partial charge in [-0.3, -0.25) is 9.79 Å². The lowest BCUT2D eigenvalue weighted by atomic mass is 9.74. The van der Waals surface area contributed by atoms with Crippen LogP contribution in [0.3, 0.4) is 0 Å². The van der Waals surface area contributed by atoms with Crippen LogP contribution >= 0.6 is 0 Å². The number of rotatable bonds is 6. The van der Waals surface area contributed by atoms with E-state index in [0.717, 1.165) is 49.8 Å². The van der Waals surface area contributed by atoms with E-state index in [9.17, 15) is 9.18 Å². The van der Waals surface area contributed by atoms with Crippen molar-refractivity contribution < 1.29 is 9.18 Å². The Labute approximate surface area is 137 Å². The maximum atomic E-state index is 13.4. The predicted molar refractivity (Wildman–Crippen MR) is 90.1 cm³/mol. The van der Waals surface area contributed by atoms with E-state index in [1.807, 2.05) is 6.07 Å². The molecule has 124 valence electrons. The second-order valence-electron chi connectivity index (χ2n) is 6.75. The molecule has 1 saturated carbocycles. The van der Waals surface area contributed by atoms with Gasteiger partial charge >= 0.3 is 0 Å². The summed E-state index contributed by atoms with van der Waals surface area (Å²) in [5.41, 5.74) is 1.34. The molecule has 1 fully saturated rings. The highest BCUT2D eigenvalue weighted by molar-refractivity contribution is 6.02. The number of nitrogens with zero attached hydrogens (tertiary/aromatic N) is 1. The third-order valence-corrected chi connectivity index (χ3v) is 5.39. The molecule has 0 bridgehead atoms. The smallest absolute Gasteiger partial charge is 0.228 e. The third-order valence-electron chi connectivity index (χ3n) is 5.39. The Morgan fingerprint density at radius 1 is 1.30 bits per heavy atom. The van der Waals surface area contributed by atoms with Crippen LogP contribution in [0.15, 0.2) is 29.3 Å². The Morgan fingerprint density at radius 3 is 2.65 bits per heavy atom. The monoisotopic (exact) mass is 316 g/mol. The van der Waals surface area contributed by atoms with Crippen molar-refractivity contribution in [1.29, 1.82) is 0 Å². The van der Waals surface area contributed by atoms with Crippen LogP contribution in [-0.2, 0) is 4.79 Å². The molecule has 0 unspecified atom stereocenters. The highest BCUT2D eigenvalue weighted by atomic mass is 19.1. The standard InChI is InChI=1S/C19H25FN2O/c1-3-19(4-2,18(23)21-15-8-9-15)17-11-10-16(22-17)13-6-5-7-14(20)12-13/h5-7,12,15,17H,3-4,8-11H2,1-2H3,(H,21,23)/t17-/m1/s1. The number of aliphatic imine (C=N–C) groups is 1. The van der Waals surface area contributed by atoms with Crippen molar-refractivity contribution in [3.63, 3.8) is 0 Å². The Balaban J connectivity index is 1.84. The zero-order chi connectivity index (χ0) is 16.4. The average molecular weight is 316 g/mol. The number of nitrogens with one attached hydrogen (secondary N) is 1. The molecule has 3 rings (SSSR count). The number of halogens is 1. The molecule has 0 saturated heterocycles. The van der Waals surface area contributed by atoms with Gasteiger partial charge in [-0.1, -0.05) is 26.0 Å². The summed E-state index contributed by atoms with van der Waals surface area (Å²) in [4.78, 5) is 17.7. The van der Waals surface area contributed by atoms with Crippen molar-refractivity contribution in [2.45, 2.75) is 64.5 Å². The molecule has 1 aromatic rings. The number of benzene rings is 1. The fourth-order valence-electron chi connectivity index (χ4n) is 3.63. The van der Waals surface area contributed by atoms with Crippen molar-refractivity contribution in [2.24, 2.45) is 10.4 Å². The van der Waals surface area contributed by atoms with Gasteiger partial charge in [0.25, 0.3) is 0 Å². The fourth-order valence-corrected chi connectivity index (χ4v) is 3.63. The second-order valence-corrected chi connectivity index (χ2v) is 6.75. The highest BCUT2D eigenvalue weighted by Gasteiger charge is 2.45. The summed E-state index contributed by atoms with van der Waals surface area (Å²) in [6.45, 7) is 4.15. The first-order valence-corrected chi connectivity index (χ1v) is 8.72. The van der Waals surface area contributed by atoms with Gasteiger partial charge in [-0.2, -0.15) is 0 Å². The summed E-state index contributed by atoms with van der Waals surface area (Å²) in [5, 5.41) is 3.17.